The molecule has 2 N–H and O–H groups in total. The molecular weight excluding hydrogens is 218 g/mol. The number of ether oxygens (including phenoxy) is 2. The molecule has 2 rings (SSSR count). The van der Waals surface area contributed by atoms with Gasteiger partial charge in [-0.25, -0.2) is 0 Å². The van der Waals surface area contributed by atoms with Crippen molar-refractivity contribution in [2.45, 2.75) is 26.8 Å². The lowest BCUT2D eigenvalue weighted by Crippen LogP contribution is -2.15. The van der Waals surface area contributed by atoms with Crippen LogP contribution in [0.1, 0.15) is 23.2 Å². The summed E-state index contributed by atoms with van der Waals surface area (Å²) in [5.74, 6) is 1.03. The van der Waals surface area contributed by atoms with Crippen molar-refractivity contribution < 1.29 is 9.47 Å². The first kappa shape index (κ1) is 12.3. The van der Waals surface area contributed by atoms with Gasteiger partial charge in [0.25, 0.3) is 0 Å². The Morgan fingerprint density at radius 1 is 1.41 bits per heavy atom. The van der Waals surface area contributed by atoms with E-state index in [-0.39, 0.29) is 0 Å². The molecule has 5 nitrogen and oxygen atoms in total. The van der Waals surface area contributed by atoms with Gasteiger partial charge in [-0.05, 0) is 25.8 Å². The van der Waals surface area contributed by atoms with Crippen LogP contribution < -0.4 is 10.5 Å². The van der Waals surface area contributed by atoms with Crippen LogP contribution in [0.25, 0.3) is 0 Å². The first-order chi connectivity index (χ1) is 8.22. The molecule has 1 aliphatic heterocycles. The fourth-order valence-electron chi connectivity index (χ4n) is 1.90. The molecule has 1 saturated heterocycles. The third-order valence-corrected chi connectivity index (χ3v) is 3.23. The Labute approximate surface area is 101 Å². The first-order valence-corrected chi connectivity index (χ1v) is 5.95. The van der Waals surface area contributed by atoms with E-state index in [1.54, 1.807) is 0 Å². The third kappa shape index (κ3) is 2.73. The Balaban J connectivity index is 2.06. The zero-order chi connectivity index (χ0) is 12.3. The van der Waals surface area contributed by atoms with Crippen molar-refractivity contribution in [3.63, 3.8) is 0 Å². The Bertz CT molecular complexity index is 390. The highest BCUT2D eigenvalue weighted by Crippen LogP contribution is 2.21. The largest absolute Gasteiger partial charge is 0.476 e. The van der Waals surface area contributed by atoms with Gasteiger partial charge >= 0.3 is 0 Å². The highest BCUT2D eigenvalue weighted by Gasteiger charge is 2.18. The van der Waals surface area contributed by atoms with Crippen LogP contribution in [-0.4, -0.2) is 30.0 Å². The molecule has 5 heteroatoms. The standard InChI is InChI=1S/C12H19N3O2/c1-8-9(2)14-15-12(11(8)5-13)17-7-10-3-4-16-6-10/h10H,3-7,13H2,1-2H3. The van der Waals surface area contributed by atoms with Gasteiger partial charge in [-0.1, -0.05) is 0 Å². The number of hydrogen-bond acceptors (Lipinski definition) is 5. The summed E-state index contributed by atoms with van der Waals surface area (Å²) in [6.07, 6.45) is 1.05. The van der Waals surface area contributed by atoms with Crippen LogP contribution in [0.4, 0.5) is 0 Å². The lowest BCUT2D eigenvalue weighted by Gasteiger charge is -2.14. The molecule has 0 spiro atoms. The third-order valence-electron chi connectivity index (χ3n) is 3.23. The van der Waals surface area contributed by atoms with Crippen LogP contribution in [0.5, 0.6) is 5.88 Å². The quantitative estimate of drug-likeness (QED) is 0.844. The number of rotatable bonds is 4. The maximum absolute atomic E-state index is 5.73. The Morgan fingerprint density at radius 2 is 2.24 bits per heavy atom. The van der Waals surface area contributed by atoms with Gasteiger partial charge < -0.3 is 15.2 Å². The summed E-state index contributed by atoms with van der Waals surface area (Å²) in [5.41, 5.74) is 8.66. The van der Waals surface area contributed by atoms with Gasteiger partial charge in [-0.15, -0.1) is 5.10 Å². The van der Waals surface area contributed by atoms with E-state index in [1.165, 1.54) is 0 Å². The Kier molecular flexibility index (Phi) is 3.91. The Morgan fingerprint density at radius 3 is 2.88 bits per heavy atom. The van der Waals surface area contributed by atoms with Crippen molar-refractivity contribution in [3.8, 4) is 5.88 Å². The topological polar surface area (TPSA) is 70.3 Å². The van der Waals surface area contributed by atoms with E-state index < -0.39 is 0 Å². The van der Waals surface area contributed by atoms with E-state index in [9.17, 15) is 0 Å². The lowest BCUT2D eigenvalue weighted by molar-refractivity contribution is 0.164. The molecule has 2 heterocycles. The summed E-state index contributed by atoms with van der Waals surface area (Å²) < 4.78 is 11.0. The average molecular weight is 237 g/mol. The number of nitrogens with two attached hydrogens (primary N) is 1. The maximum atomic E-state index is 5.73. The second-order valence-corrected chi connectivity index (χ2v) is 4.44. The predicted octanol–water partition coefficient (Wildman–Crippen LogP) is 0.967. The monoisotopic (exact) mass is 237 g/mol. The summed E-state index contributed by atoms with van der Waals surface area (Å²) in [6, 6.07) is 0. The highest BCUT2D eigenvalue weighted by atomic mass is 16.5. The van der Waals surface area contributed by atoms with Crippen molar-refractivity contribution in [2.75, 3.05) is 19.8 Å². The van der Waals surface area contributed by atoms with Gasteiger partial charge in [0.1, 0.15) is 0 Å². The van der Waals surface area contributed by atoms with Crippen molar-refractivity contribution in [3.05, 3.63) is 16.8 Å². The molecule has 1 aromatic heterocycles. The average Bonchev–Trinajstić information content (AvgIpc) is 2.83. The molecule has 0 saturated carbocycles. The summed E-state index contributed by atoms with van der Waals surface area (Å²) in [7, 11) is 0. The van der Waals surface area contributed by atoms with E-state index in [0.717, 1.165) is 36.5 Å². The molecule has 1 unspecified atom stereocenters. The van der Waals surface area contributed by atoms with E-state index in [0.29, 0.717) is 24.9 Å². The molecule has 0 bridgehead atoms. The summed E-state index contributed by atoms with van der Waals surface area (Å²) in [4.78, 5) is 0. The molecule has 1 aliphatic rings. The van der Waals surface area contributed by atoms with Gasteiger partial charge in [-0.2, -0.15) is 5.10 Å². The molecular formula is C12H19N3O2. The number of aryl methyl sites for hydroxylation is 1. The molecule has 0 amide bonds. The van der Waals surface area contributed by atoms with Crippen molar-refractivity contribution in [2.24, 2.45) is 11.7 Å². The lowest BCUT2D eigenvalue weighted by atomic mass is 10.1. The van der Waals surface area contributed by atoms with Gasteiger partial charge in [0.2, 0.25) is 5.88 Å². The normalized spacial score (nSPS) is 19.6. The van der Waals surface area contributed by atoms with Crippen molar-refractivity contribution in [1.82, 2.24) is 10.2 Å². The number of hydrogen-bond donors (Lipinski definition) is 1. The first-order valence-electron chi connectivity index (χ1n) is 5.95. The van der Waals surface area contributed by atoms with E-state index in [2.05, 4.69) is 10.2 Å². The van der Waals surface area contributed by atoms with Gasteiger partial charge in [0.15, 0.2) is 0 Å². The molecule has 0 radical (unpaired) electrons. The van der Waals surface area contributed by atoms with Crippen LogP contribution in [0.15, 0.2) is 0 Å². The summed E-state index contributed by atoms with van der Waals surface area (Å²) in [6.45, 7) is 6.59. The SMILES string of the molecule is Cc1nnc(OCC2CCOC2)c(CN)c1C. The number of nitrogens with zero attached hydrogens (tertiary/aromatic N) is 2. The molecule has 1 fully saturated rings. The highest BCUT2D eigenvalue weighted by molar-refractivity contribution is 5.35. The minimum absolute atomic E-state index is 0.429. The van der Waals surface area contributed by atoms with Gasteiger partial charge in [-0.3, -0.25) is 0 Å². The molecule has 17 heavy (non-hydrogen) atoms. The van der Waals surface area contributed by atoms with Crippen molar-refractivity contribution >= 4 is 0 Å². The van der Waals surface area contributed by atoms with E-state index in [1.807, 2.05) is 13.8 Å². The van der Waals surface area contributed by atoms with E-state index >= 15 is 0 Å². The second-order valence-electron chi connectivity index (χ2n) is 4.44. The predicted molar refractivity (Wildman–Crippen MR) is 63.8 cm³/mol. The number of aromatic nitrogens is 2. The fraction of sp³-hybridized carbons (Fsp3) is 0.667. The minimum Gasteiger partial charge on any atom is -0.476 e. The van der Waals surface area contributed by atoms with Crippen LogP contribution in [0.2, 0.25) is 0 Å². The van der Waals surface area contributed by atoms with Crippen LogP contribution in [0, 0.1) is 19.8 Å². The van der Waals surface area contributed by atoms with Crippen molar-refractivity contribution in [1.29, 1.82) is 0 Å². The maximum Gasteiger partial charge on any atom is 0.238 e. The zero-order valence-electron chi connectivity index (χ0n) is 10.4. The molecule has 1 atom stereocenters. The van der Waals surface area contributed by atoms with Crippen LogP contribution in [-0.2, 0) is 11.3 Å². The smallest absolute Gasteiger partial charge is 0.238 e. The minimum atomic E-state index is 0.429. The van der Waals surface area contributed by atoms with Gasteiger partial charge in [0.05, 0.1) is 18.9 Å². The molecule has 0 aromatic carbocycles. The summed E-state index contributed by atoms with van der Waals surface area (Å²) in [5, 5.41) is 8.15. The Hall–Kier alpha value is -1.20. The zero-order valence-corrected chi connectivity index (χ0v) is 10.4. The van der Waals surface area contributed by atoms with Gasteiger partial charge in [0, 0.05) is 24.6 Å². The molecule has 0 aliphatic carbocycles. The summed E-state index contributed by atoms with van der Waals surface area (Å²) >= 11 is 0. The molecule has 94 valence electrons. The molecule has 1 aromatic rings. The fourth-order valence-corrected chi connectivity index (χ4v) is 1.90. The van der Waals surface area contributed by atoms with Crippen LogP contribution >= 0.6 is 0 Å². The van der Waals surface area contributed by atoms with E-state index in [4.69, 9.17) is 15.2 Å². The second kappa shape index (κ2) is 5.42. The van der Waals surface area contributed by atoms with Crippen LogP contribution in [0.3, 0.4) is 0 Å².